The Labute approximate surface area is 135 Å². The van der Waals surface area contributed by atoms with Gasteiger partial charge >= 0.3 is 0 Å². The van der Waals surface area contributed by atoms with E-state index in [0.717, 1.165) is 30.1 Å². The molecule has 22 heavy (non-hydrogen) atoms. The molecule has 1 saturated carbocycles. The number of piperidine rings is 1. The number of Topliss-reactive ketones (excluding diaryl/α,β-unsaturated/α-hetero) is 1. The molecule has 1 aliphatic heterocycles. The van der Waals surface area contributed by atoms with E-state index in [-0.39, 0.29) is 11.5 Å². The third-order valence-corrected chi connectivity index (χ3v) is 5.28. The summed E-state index contributed by atoms with van der Waals surface area (Å²) in [7, 11) is 0. The lowest BCUT2D eigenvalue weighted by Crippen LogP contribution is -2.45. The third-order valence-electron chi connectivity index (χ3n) is 5.03. The Kier molecular flexibility index (Phi) is 3.23. The molecule has 2 aromatic rings. The summed E-state index contributed by atoms with van der Waals surface area (Å²) in [6.07, 6.45) is 2.66. The number of anilines is 1. The van der Waals surface area contributed by atoms with Crippen molar-refractivity contribution in [2.45, 2.75) is 25.3 Å². The van der Waals surface area contributed by atoms with E-state index < -0.39 is 0 Å². The van der Waals surface area contributed by atoms with Gasteiger partial charge in [-0.15, -0.1) is 0 Å². The Hall–Kier alpha value is -1.80. The van der Waals surface area contributed by atoms with Gasteiger partial charge in [-0.25, -0.2) is 0 Å². The van der Waals surface area contributed by atoms with Crippen molar-refractivity contribution >= 4 is 23.1 Å². The zero-order valence-corrected chi connectivity index (χ0v) is 13.1. The van der Waals surface area contributed by atoms with Crippen LogP contribution >= 0.6 is 11.6 Å². The number of hydrogen-bond acceptors (Lipinski definition) is 2. The molecule has 0 bridgehead atoms. The SMILES string of the molecule is O=C1CCN(c2ccc(Cl)cc2)C(c2ccccc2)C12CC2. The first-order valence-electron chi connectivity index (χ1n) is 7.81. The van der Waals surface area contributed by atoms with Gasteiger partial charge in [-0.2, -0.15) is 0 Å². The van der Waals surface area contributed by atoms with Crippen LogP contribution in [0.25, 0.3) is 0 Å². The van der Waals surface area contributed by atoms with E-state index in [2.05, 4.69) is 41.3 Å². The van der Waals surface area contributed by atoms with Crippen molar-refractivity contribution in [2.24, 2.45) is 5.41 Å². The molecule has 2 nitrogen and oxygen atoms in total. The molecular formula is C19H18ClNO. The Bertz CT molecular complexity index is 691. The van der Waals surface area contributed by atoms with Gasteiger partial charge in [0.2, 0.25) is 0 Å². The van der Waals surface area contributed by atoms with Crippen molar-refractivity contribution in [3.8, 4) is 0 Å². The molecule has 0 amide bonds. The van der Waals surface area contributed by atoms with Crippen molar-refractivity contribution in [1.29, 1.82) is 0 Å². The summed E-state index contributed by atoms with van der Waals surface area (Å²) in [4.78, 5) is 14.9. The summed E-state index contributed by atoms with van der Waals surface area (Å²) < 4.78 is 0. The second kappa shape index (κ2) is 5.13. The molecule has 1 heterocycles. The summed E-state index contributed by atoms with van der Waals surface area (Å²) in [5.41, 5.74) is 2.22. The van der Waals surface area contributed by atoms with Crippen LogP contribution in [0.3, 0.4) is 0 Å². The minimum absolute atomic E-state index is 0.149. The van der Waals surface area contributed by atoms with Crippen LogP contribution in [0.1, 0.15) is 30.9 Å². The molecule has 1 unspecified atom stereocenters. The highest BCUT2D eigenvalue weighted by atomic mass is 35.5. The van der Waals surface area contributed by atoms with E-state index in [4.69, 9.17) is 11.6 Å². The summed E-state index contributed by atoms with van der Waals surface area (Å²) >= 11 is 6.02. The molecule has 0 N–H and O–H groups in total. The predicted octanol–water partition coefficient (Wildman–Crippen LogP) is 4.64. The molecule has 2 aliphatic rings. The zero-order valence-electron chi connectivity index (χ0n) is 12.3. The second-order valence-corrected chi connectivity index (χ2v) is 6.75. The van der Waals surface area contributed by atoms with Gasteiger partial charge < -0.3 is 4.90 Å². The van der Waals surface area contributed by atoms with Crippen molar-refractivity contribution < 1.29 is 4.79 Å². The van der Waals surface area contributed by atoms with E-state index in [9.17, 15) is 4.79 Å². The number of rotatable bonds is 2. The van der Waals surface area contributed by atoms with Crippen molar-refractivity contribution in [2.75, 3.05) is 11.4 Å². The molecule has 1 aliphatic carbocycles. The van der Waals surface area contributed by atoms with Crippen LogP contribution in [0.4, 0.5) is 5.69 Å². The molecule has 1 atom stereocenters. The van der Waals surface area contributed by atoms with Crippen LogP contribution in [0.2, 0.25) is 5.02 Å². The number of carbonyl (C=O) groups excluding carboxylic acids is 1. The van der Waals surface area contributed by atoms with Gasteiger partial charge in [0.25, 0.3) is 0 Å². The van der Waals surface area contributed by atoms with Gasteiger partial charge in [-0.05, 0) is 42.7 Å². The topological polar surface area (TPSA) is 20.3 Å². The smallest absolute Gasteiger partial charge is 0.143 e. The first kappa shape index (κ1) is 13.8. The van der Waals surface area contributed by atoms with Gasteiger partial charge in [0.15, 0.2) is 0 Å². The van der Waals surface area contributed by atoms with Crippen molar-refractivity contribution in [3.05, 3.63) is 65.2 Å². The van der Waals surface area contributed by atoms with E-state index >= 15 is 0 Å². The third kappa shape index (κ3) is 2.14. The fraction of sp³-hybridized carbons (Fsp3) is 0.316. The Balaban J connectivity index is 1.79. The Morgan fingerprint density at radius 2 is 1.68 bits per heavy atom. The van der Waals surface area contributed by atoms with Crippen molar-refractivity contribution in [3.63, 3.8) is 0 Å². The normalized spacial score (nSPS) is 22.9. The van der Waals surface area contributed by atoms with E-state index in [0.29, 0.717) is 12.2 Å². The van der Waals surface area contributed by atoms with E-state index in [1.54, 1.807) is 0 Å². The maximum absolute atomic E-state index is 12.5. The Morgan fingerprint density at radius 3 is 2.32 bits per heavy atom. The molecule has 0 radical (unpaired) electrons. The lowest BCUT2D eigenvalue weighted by Gasteiger charge is -2.43. The average Bonchev–Trinajstić information content (AvgIpc) is 3.33. The molecular weight excluding hydrogens is 294 g/mol. The standard InChI is InChI=1S/C19H18ClNO/c20-15-6-8-16(9-7-15)21-13-10-17(22)19(11-12-19)18(21)14-4-2-1-3-5-14/h1-9,18H,10-13H2. The van der Waals surface area contributed by atoms with E-state index in [1.165, 1.54) is 5.56 Å². The van der Waals surface area contributed by atoms with Crippen LogP contribution < -0.4 is 4.90 Å². The fourth-order valence-electron chi connectivity index (χ4n) is 3.78. The lowest BCUT2D eigenvalue weighted by molar-refractivity contribution is -0.126. The number of hydrogen-bond donors (Lipinski definition) is 0. The largest absolute Gasteiger partial charge is 0.363 e. The monoisotopic (exact) mass is 311 g/mol. The highest BCUT2D eigenvalue weighted by molar-refractivity contribution is 6.30. The first-order chi connectivity index (χ1) is 10.7. The van der Waals surface area contributed by atoms with Crippen LogP contribution in [0.15, 0.2) is 54.6 Å². The quantitative estimate of drug-likeness (QED) is 0.805. The van der Waals surface area contributed by atoms with Gasteiger partial charge in [0.1, 0.15) is 5.78 Å². The summed E-state index contributed by atoms with van der Waals surface area (Å²) in [5, 5.41) is 0.745. The highest BCUT2D eigenvalue weighted by Gasteiger charge is 2.59. The van der Waals surface area contributed by atoms with Gasteiger partial charge in [0.05, 0.1) is 11.5 Å². The molecule has 0 aromatic heterocycles. The maximum Gasteiger partial charge on any atom is 0.143 e. The lowest BCUT2D eigenvalue weighted by atomic mass is 9.80. The molecule has 4 rings (SSSR count). The van der Waals surface area contributed by atoms with Crippen LogP contribution in [-0.4, -0.2) is 12.3 Å². The second-order valence-electron chi connectivity index (χ2n) is 6.31. The van der Waals surface area contributed by atoms with Crippen molar-refractivity contribution in [1.82, 2.24) is 0 Å². The summed E-state index contributed by atoms with van der Waals surface area (Å²) in [6.45, 7) is 0.780. The van der Waals surface area contributed by atoms with Crippen LogP contribution in [0.5, 0.6) is 0 Å². The number of ketones is 1. The summed E-state index contributed by atoms with van der Waals surface area (Å²) in [5.74, 6) is 0.437. The van der Waals surface area contributed by atoms with Gasteiger partial charge in [0, 0.05) is 23.7 Å². The van der Waals surface area contributed by atoms with Crippen LogP contribution in [-0.2, 0) is 4.79 Å². The van der Waals surface area contributed by atoms with Gasteiger partial charge in [-0.1, -0.05) is 41.9 Å². The molecule has 1 saturated heterocycles. The number of benzene rings is 2. The highest BCUT2D eigenvalue weighted by Crippen LogP contribution is 2.60. The average molecular weight is 312 g/mol. The minimum Gasteiger partial charge on any atom is -0.363 e. The Morgan fingerprint density at radius 1 is 1.00 bits per heavy atom. The predicted molar refractivity (Wildman–Crippen MR) is 89.3 cm³/mol. The van der Waals surface area contributed by atoms with Gasteiger partial charge in [-0.3, -0.25) is 4.79 Å². The fourth-order valence-corrected chi connectivity index (χ4v) is 3.91. The number of halogens is 1. The number of nitrogens with zero attached hydrogens (tertiary/aromatic N) is 1. The molecule has 2 fully saturated rings. The molecule has 3 heteroatoms. The van der Waals surface area contributed by atoms with E-state index in [1.807, 2.05) is 18.2 Å². The molecule has 1 spiro atoms. The molecule has 2 aromatic carbocycles. The molecule has 112 valence electrons. The minimum atomic E-state index is -0.167. The van der Waals surface area contributed by atoms with Crippen LogP contribution in [0, 0.1) is 5.41 Å². The summed E-state index contributed by atoms with van der Waals surface area (Å²) in [6, 6.07) is 18.6. The zero-order chi connectivity index (χ0) is 15.2. The number of carbonyl (C=O) groups is 1. The maximum atomic E-state index is 12.5. The first-order valence-corrected chi connectivity index (χ1v) is 8.19.